The van der Waals surface area contributed by atoms with E-state index in [4.69, 9.17) is 0 Å². The number of carbonyl (C=O) groups is 1. The van der Waals surface area contributed by atoms with E-state index in [1.165, 1.54) is 19.3 Å². The van der Waals surface area contributed by atoms with Crippen molar-refractivity contribution in [1.29, 1.82) is 0 Å². The van der Waals surface area contributed by atoms with Crippen LogP contribution in [0.4, 0.5) is 0 Å². The SMILES string of the molecule is C=C(C)CC(CC1CCC(C)C1)NC=O. The molecule has 0 aromatic heterocycles. The Bertz CT molecular complexity index is 225. The van der Waals surface area contributed by atoms with Crippen LogP contribution in [0.1, 0.15) is 46.0 Å². The summed E-state index contributed by atoms with van der Waals surface area (Å²) in [5, 5.41) is 2.91. The van der Waals surface area contributed by atoms with Crippen molar-refractivity contribution in [2.24, 2.45) is 11.8 Å². The summed E-state index contributed by atoms with van der Waals surface area (Å²) in [6.45, 7) is 8.26. The number of rotatable bonds is 6. The molecular formula is C13H23NO. The lowest BCUT2D eigenvalue weighted by Crippen LogP contribution is -2.29. The third-order valence-corrected chi connectivity index (χ3v) is 3.32. The van der Waals surface area contributed by atoms with Gasteiger partial charge in [0.05, 0.1) is 0 Å². The van der Waals surface area contributed by atoms with Crippen LogP contribution in [0.2, 0.25) is 0 Å². The van der Waals surface area contributed by atoms with Gasteiger partial charge in [0.25, 0.3) is 0 Å². The van der Waals surface area contributed by atoms with Gasteiger partial charge < -0.3 is 5.32 Å². The van der Waals surface area contributed by atoms with Crippen molar-refractivity contribution >= 4 is 6.41 Å². The number of carbonyl (C=O) groups excluding carboxylic acids is 1. The van der Waals surface area contributed by atoms with Crippen LogP contribution in [0.5, 0.6) is 0 Å². The third-order valence-electron chi connectivity index (χ3n) is 3.32. The second-order valence-electron chi connectivity index (χ2n) is 5.16. The Kier molecular flexibility index (Phi) is 4.86. The highest BCUT2D eigenvalue weighted by molar-refractivity contribution is 5.46. The van der Waals surface area contributed by atoms with Gasteiger partial charge >= 0.3 is 0 Å². The van der Waals surface area contributed by atoms with Crippen molar-refractivity contribution in [1.82, 2.24) is 5.32 Å². The Hall–Kier alpha value is -0.790. The first-order valence-corrected chi connectivity index (χ1v) is 5.96. The van der Waals surface area contributed by atoms with E-state index in [0.29, 0.717) is 6.04 Å². The second kappa shape index (κ2) is 5.94. The van der Waals surface area contributed by atoms with Crippen LogP contribution in [0.25, 0.3) is 0 Å². The van der Waals surface area contributed by atoms with Crippen LogP contribution in [0, 0.1) is 11.8 Å². The number of amides is 1. The van der Waals surface area contributed by atoms with E-state index in [1.54, 1.807) is 0 Å². The fraction of sp³-hybridized carbons (Fsp3) is 0.769. The molecule has 3 atom stereocenters. The number of hydrogen-bond acceptors (Lipinski definition) is 1. The average Bonchev–Trinajstić information content (AvgIpc) is 2.50. The predicted octanol–water partition coefficient (Wildman–Crippen LogP) is 2.89. The van der Waals surface area contributed by atoms with Crippen molar-refractivity contribution in [2.75, 3.05) is 0 Å². The van der Waals surface area contributed by atoms with Crippen LogP contribution >= 0.6 is 0 Å². The first-order chi connectivity index (χ1) is 7.11. The lowest BCUT2D eigenvalue weighted by molar-refractivity contribution is -0.110. The van der Waals surface area contributed by atoms with Gasteiger partial charge in [-0.15, -0.1) is 6.58 Å². The van der Waals surface area contributed by atoms with E-state index in [2.05, 4.69) is 18.8 Å². The molecule has 3 unspecified atom stereocenters. The summed E-state index contributed by atoms with van der Waals surface area (Å²) in [5.74, 6) is 1.67. The topological polar surface area (TPSA) is 29.1 Å². The standard InChI is InChI=1S/C13H23NO/c1-10(2)6-13(14-9-15)8-12-5-4-11(3)7-12/h9,11-13H,1,4-8H2,2-3H3,(H,14,15). The van der Waals surface area contributed by atoms with Crippen LogP contribution in [0.3, 0.4) is 0 Å². The zero-order valence-corrected chi connectivity index (χ0v) is 9.96. The molecule has 1 rings (SSSR count). The van der Waals surface area contributed by atoms with E-state index in [9.17, 15) is 4.79 Å². The molecule has 1 fully saturated rings. The van der Waals surface area contributed by atoms with Gasteiger partial charge in [-0.05, 0) is 38.0 Å². The minimum absolute atomic E-state index is 0.301. The molecule has 0 aromatic carbocycles. The Morgan fingerprint density at radius 1 is 1.60 bits per heavy atom. The molecule has 2 nitrogen and oxygen atoms in total. The van der Waals surface area contributed by atoms with Crippen molar-refractivity contribution in [3.63, 3.8) is 0 Å². The van der Waals surface area contributed by atoms with Crippen LogP contribution in [-0.2, 0) is 4.79 Å². The monoisotopic (exact) mass is 209 g/mol. The maximum absolute atomic E-state index is 10.5. The highest BCUT2D eigenvalue weighted by Gasteiger charge is 2.24. The molecule has 1 aliphatic rings. The normalized spacial score (nSPS) is 27.3. The summed E-state index contributed by atoms with van der Waals surface area (Å²) in [6.07, 6.45) is 6.87. The molecule has 86 valence electrons. The first kappa shape index (κ1) is 12.3. The Morgan fingerprint density at radius 3 is 2.80 bits per heavy atom. The molecule has 0 spiro atoms. The maximum atomic E-state index is 10.5. The van der Waals surface area contributed by atoms with Gasteiger partial charge in [-0.1, -0.05) is 25.3 Å². The zero-order chi connectivity index (χ0) is 11.3. The second-order valence-corrected chi connectivity index (χ2v) is 5.16. The summed E-state index contributed by atoms with van der Waals surface area (Å²) < 4.78 is 0. The van der Waals surface area contributed by atoms with E-state index >= 15 is 0 Å². The zero-order valence-electron chi connectivity index (χ0n) is 9.96. The molecule has 0 saturated heterocycles. The first-order valence-electron chi connectivity index (χ1n) is 5.96. The molecule has 0 aromatic rings. The van der Waals surface area contributed by atoms with Gasteiger partial charge in [0.2, 0.25) is 6.41 Å². The lowest BCUT2D eigenvalue weighted by Gasteiger charge is -2.20. The molecule has 0 heterocycles. The van der Waals surface area contributed by atoms with Gasteiger partial charge in [-0.25, -0.2) is 0 Å². The van der Waals surface area contributed by atoms with Gasteiger partial charge in [0.15, 0.2) is 0 Å². The largest absolute Gasteiger partial charge is 0.356 e. The minimum Gasteiger partial charge on any atom is -0.356 e. The lowest BCUT2D eigenvalue weighted by atomic mass is 9.94. The van der Waals surface area contributed by atoms with Crippen molar-refractivity contribution in [3.05, 3.63) is 12.2 Å². The molecule has 0 bridgehead atoms. The quantitative estimate of drug-likeness (QED) is 0.529. The highest BCUT2D eigenvalue weighted by atomic mass is 16.1. The molecule has 1 amide bonds. The maximum Gasteiger partial charge on any atom is 0.207 e. The summed E-state index contributed by atoms with van der Waals surface area (Å²) in [5.41, 5.74) is 1.15. The smallest absolute Gasteiger partial charge is 0.207 e. The van der Waals surface area contributed by atoms with Crippen LogP contribution < -0.4 is 5.32 Å². The van der Waals surface area contributed by atoms with Crippen molar-refractivity contribution < 1.29 is 4.79 Å². The molecule has 1 aliphatic carbocycles. The summed E-state index contributed by atoms with van der Waals surface area (Å²) >= 11 is 0. The van der Waals surface area contributed by atoms with Gasteiger partial charge in [0.1, 0.15) is 0 Å². The van der Waals surface area contributed by atoms with E-state index in [1.807, 2.05) is 6.92 Å². The minimum atomic E-state index is 0.301. The van der Waals surface area contributed by atoms with E-state index in [0.717, 1.165) is 36.7 Å². The summed E-state index contributed by atoms with van der Waals surface area (Å²) in [4.78, 5) is 10.5. The Labute approximate surface area is 93.1 Å². The predicted molar refractivity (Wildman–Crippen MR) is 63.5 cm³/mol. The third kappa shape index (κ3) is 4.50. The molecular weight excluding hydrogens is 186 g/mol. The number of hydrogen-bond donors (Lipinski definition) is 1. The Balaban J connectivity index is 2.36. The summed E-state index contributed by atoms with van der Waals surface area (Å²) in [7, 11) is 0. The molecule has 0 radical (unpaired) electrons. The molecule has 15 heavy (non-hydrogen) atoms. The van der Waals surface area contributed by atoms with Crippen LogP contribution in [-0.4, -0.2) is 12.5 Å². The van der Waals surface area contributed by atoms with Crippen molar-refractivity contribution in [3.8, 4) is 0 Å². The van der Waals surface area contributed by atoms with Gasteiger partial charge in [-0.2, -0.15) is 0 Å². The summed E-state index contributed by atoms with van der Waals surface area (Å²) in [6, 6.07) is 0.301. The Morgan fingerprint density at radius 2 is 2.33 bits per heavy atom. The average molecular weight is 209 g/mol. The molecule has 1 saturated carbocycles. The molecule has 0 aliphatic heterocycles. The fourth-order valence-corrected chi connectivity index (χ4v) is 2.67. The van der Waals surface area contributed by atoms with E-state index < -0.39 is 0 Å². The molecule has 2 heteroatoms. The van der Waals surface area contributed by atoms with Gasteiger partial charge in [-0.3, -0.25) is 4.79 Å². The number of nitrogens with one attached hydrogen (secondary N) is 1. The van der Waals surface area contributed by atoms with E-state index in [-0.39, 0.29) is 0 Å². The fourth-order valence-electron chi connectivity index (χ4n) is 2.67. The highest BCUT2D eigenvalue weighted by Crippen LogP contribution is 2.33. The van der Waals surface area contributed by atoms with Crippen LogP contribution in [0.15, 0.2) is 12.2 Å². The van der Waals surface area contributed by atoms with Crippen molar-refractivity contribution in [2.45, 2.75) is 52.0 Å². The van der Waals surface area contributed by atoms with Gasteiger partial charge in [0, 0.05) is 6.04 Å². The molecule has 1 N–H and O–H groups in total.